The molecule has 2 aliphatic heterocycles. The van der Waals surface area contributed by atoms with Gasteiger partial charge in [-0.25, -0.2) is 13.4 Å². The molecule has 1 aliphatic carbocycles. The van der Waals surface area contributed by atoms with Gasteiger partial charge in [0.2, 0.25) is 15.9 Å². The molecule has 3 aromatic rings. The van der Waals surface area contributed by atoms with E-state index in [1.807, 2.05) is 42.8 Å². The Morgan fingerprint density at radius 2 is 1.74 bits per heavy atom. The van der Waals surface area contributed by atoms with E-state index in [2.05, 4.69) is 15.1 Å². The molecule has 0 bridgehead atoms. The molecule has 14 heteroatoms. The molecule has 0 radical (unpaired) electrons. The molecule has 6 rings (SSSR count). The van der Waals surface area contributed by atoms with E-state index in [9.17, 15) is 23.1 Å². The molecule has 0 saturated carbocycles. The molecular weight excluding hydrogens is 643 g/mol. The molecule has 3 heterocycles. The number of carbonyl (C=O) groups excluding carboxylic acids is 1. The quantitative estimate of drug-likeness (QED) is 0.292. The van der Waals surface area contributed by atoms with Crippen LogP contribution in [0.4, 0.5) is 0 Å². The number of likely N-dealkylation sites (N-methyl/N-ethyl adjacent to an activating group) is 1. The molecule has 0 spiro atoms. The maximum atomic E-state index is 14.0. The Morgan fingerprint density at radius 1 is 1.04 bits per heavy atom. The number of sulfonamides is 1. The first kappa shape index (κ1) is 33.5. The van der Waals surface area contributed by atoms with Crippen LogP contribution in [0.3, 0.4) is 0 Å². The van der Waals surface area contributed by atoms with Crippen LogP contribution >= 0.6 is 11.3 Å². The van der Waals surface area contributed by atoms with Crippen molar-refractivity contribution in [3.8, 4) is 17.0 Å². The van der Waals surface area contributed by atoms with Gasteiger partial charge in [0.25, 0.3) is 0 Å². The average Bonchev–Trinajstić information content (AvgIpc) is 3.69. The number of amides is 1. The lowest BCUT2D eigenvalue weighted by atomic mass is 9.80. The smallest absolute Gasteiger partial charge is 0.304 e. The highest BCUT2D eigenvalue weighted by atomic mass is 32.2. The van der Waals surface area contributed by atoms with Crippen molar-refractivity contribution in [2.45, 2.75) is 30.7 Å². The largest absolute Gasteiger partial charge is 0.491 e. The van der Waals surface area contributed by atoms with Gasteiger partial charge >= 0.3 is 5.97 Å². The summed E-state index contributed by atoms with van der Waals surface area (Å²) in [6.07, 6.45) is 0.480. The Kier molecular flexibility index (Phi) is 10.2. The molecule has 0 atom stereocenters. The minimum Gasteiger partial charge on any atom is -0.491 e. The molecule has 1 aromatic heterocycles. The summed E-state index contributed by atoms with van der Waals surface area (Å²) in [6.45, 7) is 6.21. The van der Waals surface area contributed by atoms with Crippen LogP contribution in [-0.2, 0) is 43.7 Å². The van der Waals surface area contributed by atoms with Gasteiger partial charge in [-0.15, -0.1) is 11.3 Å². The van der Waals surface area contributed by atoms with E-state index in [-0.39, 0.29) is 23.8 Å². The number of fused-ring (bicyclic) bond motifs is 1. The predicted molar refractivity (Wildman–Crippen MR) is 177 cm³/mol. The van der Waals surface area contributed by atoms with Gasteiger partial charge in [-0.3, -0.25) is 14.5 Å². The molecule has 0 unspecified atom stereocenters. The minimum absolute atomic E-state index is 0.112. The second-order valence-corrected chi connectivity index (χ2v) is 15.3. The minimum atomic E-state index is -3.85. The lowest BCUT2D eigenvalue weighted by Gasteiger charge is -2.32. The Hall–Kier alpha value is -3.40. The normalized spacial score (nSPS) is 18.9. The van der Waals surface area contributed by atoms with E-state index in [4.69, 9.17) is 14.5 Å². The number of aliphatic carboxylic acids is 1. The zero-order valence-electron chi connectivity index (χ0n) is 26.5. The highest BCUT2D eigenvalue weighted by Crippen LogP contribution is 2.40. The molecule has 12 nitrogen and oxygen atoms in total. The predicted octanol–water partition coefficient (Wildman–Crippen LogP) is 2.33. The van der Waals surface area contributed by atoms with Gasteiger partial charge in [-0.2, -0.15) is 4.31 Å². The van der Waals surface area contributed by atoms with Crippen LogP contribution in [0.25, 0.3) is 11.3 Å². The number of carboxylic acids is 1. The second-order valence-electron chi connectivity index (χ2n) is 12.5. The summed E-state index contributed by atoms with van der Waals surface area (Å²) >= 11 is 1.35. The molecule has 2 fully saturated rings. The molecular formula is C33H41N5O7S2. The summed E-state index contributed by atoms with van der Waals surface area (Å²) in [5, 5.41) is 15.0. The molecule has 2 aromatic carbocycles. The number of carbonyl (C=O) groups is 2. The van der Waals surface area contributed by atoms with E-state index in [0.29, 0.717) is 87.4 Å². The average molecular weight is 684 g/mol. The SMILES string of the molecule is CN1CCN(S(=O)(=O)c2cc(-c3csc(CNC(=O)C4(CC(=O)O)Cc5ccccc5C4)n3)ccc2OCCN2CCOCC2)CC1. The third kappa shape index (κ3) is 7.68. The summed E-state index contributed by atoms with van der Waals surface area (Å²) < 4.78 is 40.9. The Balaban J connectivity index is 1.18. The number of ether oxygens (including phenoxy) is 2. The summed E-state index contributed by atoms with van der Waals surface area (Å²) in [4.78, 5) is 34.4. The summed E-state index contributed by atoms with van der Waals surface area (Å²) in [5.41, 5.74) is 2.15. The Morgan fingerprint density at radius 3 is 2.43 bits per heavy atom. The fraction of sp³-hybridized carbons (Fsp3) is 0.485. The number of aromatic nitrogens is 1. The van der Waals surface area contributed by atoms with Crippen molar-refractivity contribution in [1.82, 2.24) is 24.4 Å². The molecule has 2 saturated heterocycles. The number of piperazine rings is 1. The van der Waals surface area contributed by atoms with Crippen LogP contribution in [0.5, 0.6) is 5.75 Å². The topological polar surface area (TPSA) is 142 Å². The number of carboxylic acid groups (broad SMARTS) is 1. The summed E-state index contributed by atoms with van der Waals surface area (Å²) in [5.74, 6) is -1.02. The van der Waals surface area contributed by atoms with E-state index < -0.39 is 21.4 Å². The van der Waals surface area contributed by atoms with Crippen LogP contribution < -0.4 is 10.1 Å². The number of nitrogens with zero attached hydrogens (tertiary/aromatic N) is 4. The molecule has 2 N–H and O–H groups in total. The monoisotopic (exact) mass is 683 g/mol. The highest BCUT2D eigenvalue weighted by Gasteiger charge is 2.45. The van der Waals surface area contributed by atoms with Gasteiger partial charge in [-0.1, -0.05) is 24.3 Å². The van der Waals surface area contributed by atoms with Crippen molar-refractivity contribution in [1.29, 1.82) is 0 Å². The maximum absolute atomic E-state index is 14.0. The molecule has 3 aliphatic rings. The fourth-order valence-electron chi connectivity index (χ4n) is 6.48. The van der Waals surface area contributed by atoms with Gasteiger partial charge in [-0.05, 0) is 49.2 Å². The third-order valence-electron chi connectivity index (χ3n) is 9.19. The zero-order chi connectivity index (χ0) is 33.0. The zero-order valence-corrected chi connectivity index (χ0v) is 28.2. The van der Waals surface area contributed by atoms with Gasteiger partial charge in [0.05, 0.1) is 37.3 Å². The summed E-state index contributed by atoms with van der Waals surface area (Å²) in [7, 11) is -1.87. The highest BCUT2D eigenvalue weighted by molar-refractivity contribution is 7.89. The van der Waals surface area contributed by atoms with E-state index in [1.54, 1.807) is 12.1 Å². The van der Waals surface area contributed by atoms with Crippen molar-refractivity contribution >= 4 is 33.2 Å². The molecule has 47 heavy (non-hydrogen) atoms. The number of benzene rings is 2. The lowest BCUT2D eigenvalue weighted by molar-refractivity contribution is -0.145. The Bertz CT molecular complexity index is 1670. The van der Waals surface area contributed by atoms with Crippen molar-refractivity contribution in [3.05, 3.63) is 64.0 Å². The number of hydrogen-bond acceptors (Lipinski definition) is 10. The number of rotatable bonds is 12. The van der Waals surface area contributed by atoms with Gasteiger partial charge < -0.3 is 24.8 Å². The first-order valence-electron chi connectivity index (χ1n) is 15.9. The van der Waals surface area contributed by atoms with Crippen LogP contribution in [0.15, 0.2) is 52.7 Å². The van der Waals surface area contributed by atoms with E-state index in [0.717, 1.165) is 24.2 Å². The van der Waals surface area contributed by atoms with Crippen molar-refractivity contribution in [2.75, 3.05) is 72.7 Å². The number of morpholine rings is 1. The fourth-order valence-corrected chi connectivity index (χ4v) is 8.80. The molecule has 1 amide bonds. The number of hydrogen-bond donors (Lipinski definition) is 2. The van der Waals surface area contributed by atoms with Crippen LogP contribution in [0.2, 0.25) is 0 Å². The number of nitrogens with one attached hydrogen (secondary N) is 1. The summed E-state index contributed by atoms with van der Waals surface area (Å²) in [6, 6.07) is 12.8. The van der Waals surface area contributed by atoms with E-state index >= 15 is 0 Å². The van der Waals surface area contributed by atoms with E-state index in [1.165, 1.54) is 15.6 Å². The van der Waals surface area contributed by atoms with Crippen LogP contribution in [0, 0.1) is 5.41 Å². The second kappa shape index (κ2) is 14.4. The first-order chi connectivity index (χ1) is 22.6. The maximum Gasteiger partial charge on any atom is 0.304 e. The first-order valence-corrected chi connectivity index (χ1v) is 18.2. The van der Waals surface area contributed by atoms with Gasteiger partial charge in [0.15, 0.2) is 0 Å². The molecule has 252 valence electrons. The lowest BCUT2D eigenvalue weighted by Crippen LogP contribution is -2.47. The van der Waals surface area contributed by atoms with Crippen LogP contribution in [-0.4, -0.2) is 117 Å². The standard InChI is InChI=1S/C33H41N5O7S2/c1-36-8-10-38(11-9-36)47(42,43)29-18-24(6-7-28(29)45-17-14-37-12-15-44-16-13-37)27-23-46-30(35-27)22-34-32(41)33(21-31(39)40)19-25-4-2-3-5-26(25)20-33/h2-7,18,23H,8-17,19-22H2,1H3,(H,34,41)(H,39,40). The number of thiazole rings is 1. The van der Waals surface area contributed by atoms with Crippen molar-refractivity contribution in [3.63, 3.8) is 0 Å². The van der Waals surface area contributed by atoms with Crippen LogP contribution in [0.1, 0.15) is 22.6 Å². The van der Waals surface area contributed by atoms with Crippen molar-refractivity contribution in [2.24, 2.45) is 5.41 Å². The van der Waals surface area contributed by atoms with Gasteiger partial charge in [0.1, 0.15) is 22.3 Å². The van der Waals surface area contributed by atoms with Crippen molar-refractivity contribution < 1.29 is 32.6 Å². The third-order valence-corrected chi connectivity index (χ3v) is 12.0. The van der Waals surface area contributed by atoms with Gasteiger partial charge in [0, 0.05) is 56.8 Å². The Labute approximate surface area is 279 Å².